The predicted octanol–water partition coefficient (Wildman–Crippen LogP) is 5.28. The van der Waals surface area contributed by atoms with Gasteiger partial charge >= 0.3 is 0 Å². The number of thioether (sulfide) groups is 1. The van der Waals surface area contributed by atoms with Crippen LogP contribution >= 0.6 is 35.0 Å². The van der Waals surface area contributed by atoms with Crippen LogP contribution in [0.15, 0.2) is 77.2 Å². The lowest BCUT2D eigenvalue weighted by molar-refractivity contribution is -0.118. The largest absolute Gasteiger partial charge is 0.494 e. The molecule has 0 unspecified atom stereocenters. The molecule has 1 amide bonds. The van der Waals surface area contributed by atoms with Crippen LogP contribution in [0.4, 0.5) is 0 Å². The van der Waals surface area contributed by atoms with Crippen LogP contribution in [-0.4, -0.2) is 44.2 Å². The fourth-order valence-corrected chi connectivity index (χ4v) is 4.19. The monoisotopic (exact) mass is 526 g/mol. The van der Waals surface area contributed by atoms with E-state index in [-0.39, 0.29) is 11.7 Å². The highest BCUT2D eigenvalue weighted by molar-refractivity contribution is 7.99. The number of amides is 1. The predicted molar refractivity (Wildman–Crippen MR) is 139 cm³/mol. The molecule has 35 heavy (non-hydrogen) atoms. The first-order chi connectivity index (χ1) is 17.1. The summed E-state index contributed by atoms with van der Waals surface area (Å²) in [4.78, 5) is 16.6. The van der Waals surface area contributed by atoms with Crippen molar-refractivity contribution in [3.05, 3.63) is 82.6 Å². The number of hydrogen-bond acceptors (Lipinski definition) is 7. The zero-order valence-electron chi connectivity index (χ0n) is 18.6. The second kappa shape index (κ2) is 11.8. The van der Waals surface area contributed by atoms with Crippen molar-refractivity contribution < 1.29 is 9.53 Å². The van der Waals surface area contributed by atoms with Crippen LogP contribution < -0.4 is 10.2 Å². The minimum absolute atomic E-state index is 0.0722. The fourth-order valence-electron chi connectivity index (χ4n) is 3.09. The highest BCUT2D eigenvalue weighted by Gasteiger charge is 2.17. The Morgan fingerprint density at radius 3 is 2.71 bits per heavy atom. The maximum atomic E-state index is 12.4. The van der Waals surface area contributed by atoms with Crippen molar-refractivity contribution in [3.63, 3.8) is 0 Å². The minimum Gasteiger partial charge on any atom is -0.494 e. The summed E-state index contributed by atoms with van der Waals surface area (Å²) in [5.41, 5.74) is 4.72. The van der Waals surface area contributed by atoms with E-state index in [1.807, 2.05) is 47.9 Å². The van der Waals surface area contributed by atoms with Gasteiger partial charge < -0.3 is 4.74 Å². The number of nitrogens with zero attached hydrogens (tertiary/aromatic N) is 5. The number of aromatic nitrogens is 4. The van der Waals surface area contributed by atoms with E-state index in [1.165, 1.54) is 18.0 Å². The fraction of sp³-hybridized carbons (Fsp3) is 0.125. The van der Waals surface area contributed by atoms with Gasteiger partial charge in [-0.1, -0.05) is 47.1 Å². The standard InChI is InChI=1S/C24H20Cl2N6O2S/c1-2-34-19-10-8-18(9-11-19)32-23(17-6-4-12-27-13-17)30-31-24(32)35-15-21(33)29-28-14-16-5-3-7-20(25)22(16)26/h3-14H,2,15H2,1H3,(H,29,33)/b28-14-. The van der Waals surface area contributed by atoms with E-state index >= 15 is 0 Å². The molecule has 178 valence electrons. The third kappa shape index (κ3) is 6.19. The molecule has 1 N–H and O–H groups in total. The molecule has 2 heterocycles. The molecule has 4 aromatic rings. The lowest BCUT2D eigenvalue weighted by atomic mass is 10.2. The summed E-state index contributed by atoms with van der Waals surface area (Å²) >= 11 is 13.4. The van der Waals surface area contributed by atoms with E-state index in [2.05, 4.69) is 25.7 Å². The van der Waals surface area contributed by atoms with Gasteiger partial charge in [0.25, 0.3) is 5.91 Å². The number of nitrogens with one attached hydrogen (secondary N) is 1. The van der Waals surface area contributed by atoms with Gasteiger partial charge in [-0.2, -0.15) is 5.10 Å². The molecule has 2 aromatic carbocycles. The Morgan fingerprint density at radius 1 is 1.14 bits per heavy atom. The van der Waals surface area contributed by atoms with Crippen LogP contribution in [0.2, 0.25) is 10.0 Å². The Hall–Kier alpha value is -3.40. The molecule has 0 aliphatic rings. The van der Waals surface area contributed by atoms with Gasteiger partial charge in [-0.25, -0.2) is 5.43 Å². The first-order valence-corrected chi connectivity index (χ1v) is 12.3. The van der Waals surface area contributed by atoms with Crippen molar-refractivity contribution >= 4 is 47.1 Å². The molecule has 8 nitrogen and oxygen atoms in total. The van der Waals surface area contributed by atoms with Crippen LogP contribution in [0.1, 0.15) is 12.5 Å². The van der Waals surface area contributed by atoms with E-state index < -0.39 is 0 Å². The highest BCUT2D eigenvalue weighted by atomic mass is 35.5. The van der Waals surface area contributed by atoms with Crippen molar-refractivity contribution in [3.8, 4) is 22.8 Å². The van der Waals surface area contributed by atoms with Gasteiger partial charge in [0.2, 0.25) is 0 Å². The topological polar surface area (TPSA) is 94.3 Å². The van der Waals surface area contributed by atoms with Gasteiger partial charge in [-0.15, -0.1) is 10.2 Å². The number of carbonyl (C=O) groups is 1. The average Bonchev–Trinajstić information content (AvgIpc) is 3.30. The van der Waals surface area contributed by atoms with Gasteiger partial charge in [0.15, 0.2) is 11.0 Å². The summed E-state index contributed by atoms with van der Waals surface area (Å²) in [6.45, 7) is 2.51. The number of halogens is 2. The molecule has 0 saturated carbocycles. The number of benzene rings is 2. The first-order valence-electron chi connectivity index (χ1n) is 10.5. The second-order valence-electron chi connectivity index (χ2n) is 7.04. The zero-order chi connectivity index (χ0) is 24.6. The lowest BCUT2D eigenvalue weighted by Gasteiger charge is -2.11. The van der Waals surface area contributed by atoms with E-state index in [0.717, 1.165) is 17.0 Å². The Bertz CT molecular complexity index is 1330. The van der Waals surface area contributed by atoms with Crippen molar-refractivity contribution in [1.29, 1.82) is 0 Å². The number of ether oxygens (including phenoxy) is 1. The molecule has 4 rings (SSSR count). The molecule has 0 fully saturated rings. The van der Waals surface area contributed by atoms with Crippen molar-refractivity contribution in [1.82, 2.24) is 25.2 Å². The average molecular weight is 527 g/mol. The summed E-state index contributed by atoms with van der Waals surface area (Å²) in [6, 6.07) is 16.5. The number of rotatable bonds is 9. The van der Waals surface area contributed by atoms with Gasteiger partial charge in [0.05, 0.1) is 28.6 Å². The first kappa shape index (κ1) is 24.7. The van der Waals surface area contributed by atoms with E-state index in [0.29, 0.717) is 33.2 Å². The normalized spacial score (nSPS) is 11.1. The summed E-state index contributed by atoms with van der Waals surface area (Å²) in [7, 11) is 0. The van der Waals surface area contributed by atoms with Gasteiger partial charge in [0, 0.05) is 29.2 Å². The second-order valence-corrected chi connectivity index (χ2v) is 8.76. The number of pyridine rings is 1. The van der Waals surface area contributed by atoms with Crippen LogP contribution in [-0.2, 0) is 4.79 Å². The molecule has 0 aliphatic heterocycles. The van der Waals surface area contributed by atoms with Crippen molar-refractivity contribution in [2.75, 3.05) is 12.4 Å². The lowest BCUT2D eigenvalue weighted by Crippen LogP contribution is -2.20. The maximum absolute atomic E-state index is 12.4. The van der Waals surface area contributed by atoms with Crippen LogP contribution in [0.5, 0.6) is 5.75 Å². The number of hydrazone groups is 1. The Labute approximate surface area is 216 Å². The molecular formula is C24H20Cl2N6O2S. The van der Waals surface area contributed by atoms with Crippen LogP contribution in [0.3, 0.4) is 0 Å². The third-order valence-corrected chi connectivity index (χ3v) is 6.43. The minimum atomic E-state index is -0.312. The smallest absolute Gasteiger partial charge is 0.250 e. The zero-order valence-corrected chi connectivity index (χ0v) is 20.9. The Balaban J connectivity index is 1.51. The third-order valence-electron chi connectivity index (χ3n) is 4.67. The van der Waals surface area contributed by atoms with E-state index in [4.69, 9.17) is 27.9 Å². The maximum Gasteiger partial charge on any atom is 0.250 e. The number of hydrogen-bond donors (Lipinski definition) is 1. The Kier molecular flexibility index (Phi) is 8.36. The Morgan fingerprint density at radius 2 is 1.97 bits per heavy atom. The molecule has 0 radical (unpaired) electrons. The molecule has 0 saturated heterocycles. The quantitative estimate of drug-likeness (QED) is 0.181. The van der Waals surface area contributed by atoms with Gasteiger partial charge in [-0.3, -0.25) is 14.3 Å². The molecule has 0 aliphatic carbocycles. The van der Waals surface area contributed by atoms with Gasteiger partial charge in [0.1, 0.15) is 5.75 Å². The van der Waals surface area contributed by atoms with E-state index in [9.17, 15) is 4.79 Å². The summed E-state index contributed by atoms with van der Waals surface area (Å²) in [5, 5.41) is 14.0. The molecule has 0 bridgehead atoms. The molecule has 2 aromatic heterocycles. The highest BCUT2D eigenvalue weighted by Crippen LogP contribution is 2.28. The SMILES string of the molecule is CCOc1ccc(-n2c(SCC(=O)N/N=C\c3cccc(Cl)c3Cl)nnc2-c2cccnc2)cc1. The molecule has 0 spiro atoms. The van der Waals surface area contributed by atoms with Gasteiger partial charge in [-0.05, 0) is 49.4 Å². The molecule has 0 atom stereocenters. The molecule has 11 heteroatoms. The van der Waals surface area contributed by atoms with E-state index in [1.54, 1.807) is 30.6 Å². The summed E-state index contributed by atoms with van der Waals surface area (Å²) in [5.74, 6) is 1.13. The van der Waals surface area contributed by atoms with Crippen LogP contribution in [0.25, 0.3) is 17.1 Å². The van der Waals surface area contributed by atoms with Crippen LogP contribution in [0, 0.1) is 0 Å². The molecular weight excluding hydrogens is 507 g/mol. The van der Waals surface area contributed by atoms with Crippen molar-refractivity contribution in [2.45, 2.75) is 12.1 Å². The number of carbonyl (C=O) groups excluding carboxylic acids is 1. The summed E-state index contributed by atoms with van der Waals surface area (Å²) in [6.07, 6.45) is 4.85. The van der Waals surface area contributed by atoms with Crippen molar-refractivity contribution in [2.24, 2.45) is 5.10 Å². The summed E-state index contributed by atoms with van der Waals surface area (Å²) < 4.78 is 7.42.